The number of hydrogen-bond donors (Lipinski definition) is 3. The summed E-state index contributed by atoms with van der Waals surface area (Å²) in [4.78, 5) is 11.7. The minimum absolute atomic E-state index is 0.242. The van der Waals surface area contributed by atoms with Crippen molar-refractivity contribution < 1.29 is 4.79 Å². The molecule has 2 rings (SSSR count). The lowest BCUT2D eigenvalue weighted by atomic mass is 10.3. The van der Waals surface area contributed by atoms with E-state index in [2.05, 4.69) is 20.1 Å². The van der Waals surface area contributed by atoms with E-state index in [-0.39, 0.29) is 11.7 Å². The summed E-state index contributed by atoms with van der Waals surface area (Å²) < 4.78 is 5.74. The summed E-state index contributed by atoms with van der Waals surface area (Å²) >= 11 is 1.17. The quantitative estimate of drug-likeness (QED) is 0.745. The minimum Gasteiger partial charge on any atom is -0.382 e. The predicted molar refractivity (Wildman–Crippen MR) is 70.5 cm³/mol. The maximum absolute atomic E-state index is 11.7. The molecule has 18 heavy (non-hydrogen) atoms. The third-order valence-corrected chi connectivity index (χ3v) is 3.34. The van der Waals surface area contributed by atoms with Crippen molar-refractivity contribution in [2.24, 2.45) is 7.05 Å². The maximum atomic E-state index is 11.7. The van der Waals surface area contributed by atoms with Gasteiger partial charge >= 0.3 is 0 Å². The van der Waals surface area contributed by atoms with Crippen molar-refractivity contribution in [2.45, 2.75) is 6.54 Å². The molecule has 0 aromatic carbocycles. The van der Waals surface area contributed by atoms with Crippen LogP contribution < -0.4 is 16.4 Å². The van der Waals surface area contributed by atoms with Gasteiger partial charge in [-0.15, -0.1) is 0 Å². The van der Waals surface area contributed by atoms with Gasteiger partial charge in [-0.25, -0.2) is 0 Å². The Bertz CT molecular complexity index is 560. The van der Waals surface area contributed by atoms with Gasteiger partial charge in [-0.3, -0.25) is 9.48 Å². The first kappa shape index (κ1) is 12.4. The molecule has 8 heteroatoms. The Hall–Kier alpha value is -2.09. The number of aromatic nitrogens is 3. The van der Waals surface area contributed by atoms with Gasteiger partial charge in [0, 0.05) is 20.3 Å². The van der Waals surface area contributed by atoms with Crippen molar-refractivity contribution in [2.75, 3.05) is 18.1 Å². The summed E-state index contributed by atoms with van der Waals surface area (Å²) in [5, 5.41) is 10.4. The van der Waals surface area contributed by atoms with Gasteiger partial charge < -0.3 is 16.4 Å². The van der Waals surface area contributed by atoms with E-state index >= 15 is 0 Å². The number of nitrogen functional groups attached to an aromatic ring is 1. The molecule has 2 aromatic heterocycles. The molecule has 0 aliphatic heterocycles. The van der Waals surface area contributed by atoms with Gasteiger partial charge in [0.05, 0.1) is 12.2 Å². The summed E-state index contributed by atoms with van der Waals surface area (Å²) in [5.41, 5.74) is 7.08. The van der Waals surface area contributed by atoms with E-state index in [9.17, 15) is 4.79 Å². The Morgan fingerprint density at radius 3 is 3.00 bits per heavy atom. The molecule has 0 aliphatic rings. The van der Waals surface area contributed by atoms with Gasteiger partial charge in [0.2, 0.25) is 0 Å². The smallest absolute Gasteiger partial charge is 0.257 e. The Balaban J connectivity index is 2.15. The Labute approximate surface area is 108 Å². The molecular formula is C10H14N6OS. The number of hydrogen-bond acceptors (Lipinski definition) is 6. The van der Waals surface area contributed by atoms with Gasteiger partial charge in [-0.1, -0.05) is 0 Å². The molecule has 0 saturated heterocycles. The number of nitrogens with zero attached hydrogens (tertiary/aromatic N) is 3. The maximum Gasteiger partial charge on any atom is 0.257 e. The van der Waals surface area contributed by atoms with Crippen molar-refractivity contribution >= 4 is 28.3 Å². The fourth-order valence-corrected chi connectivity index (χ4v) is 2.22. The highest BCUT2D eigenvalue weighted by molar-refractivity contribution is 7.11. The van der Waals surface area contributed by atoms with E-state index in [1.807, 2.05) is 13.1 Å². The van der Waals surface area contributed by atoms with E-state index in [1.54, 1.807) is 17.9 Å². The van der Waals surface area contributed by atoms with Crippen LogP contribution in [-0.4, -0.2) is 27.1 Å². The highest BCUT2D eigenvalue weighted by atomic mass is 32.1. The van der Waals surface area contributed by atoms with Gasteiger partial charge in [-0.2, -0.15) is 9.47 Å². The molecule has 0 atom stereocenters. The van der Waals surface area contributed by atoms with Gasteiger partial charge in [-0.05, 0) is 17.6 Å². The Morgan fingerprint density at radius 1 is 1.61 bits per heavy atom. The molecule has 96 valence electrons. The second-order valence-corrected chi connectivity index (χ2v) is 4.42. The molecule has 0 aliphatic carbocycles. The van der Waals surface area contributed by atoms with Crippen LogP contribution in [0.5, 0.6) is 0 Å². The molecule has 0 fully saturated rings. The Kier molecular flexibility index (Phi) is 3.47. The van der Waals surface area contributed by atoms with Crippen LogP contribution in [0.4, 0.5) is 10.8 Å². The minimum atomic E-state index is -0.242. The number of carbonyl (C=O) groups excluding carboxylic acids is 1. The number of nitrogens with one attached hydrogen (secondary N) is 2. The molecule has 0 spiro atoms. The van der Waals surface area contributed by atoms with Gasteiger partial charge in [0.25, 0.3) is 5.91 Å². The normalized spacial score (nSPS) is 10.3. The largest absolute Gasteiger partial charge is 0.382 e. The van der Waals surface area contributed by atoms with Crippen molar-refractivity contribution in [3.63, 3.8) is 0 Å². The van der Waals surface area contributed by atoms with Crippen LogP contribution in [0, 0.1) is 0 Å². The first-order valence-corrected chi connectivity index (χ1v) is 6.08. The van der Waals surface area contributed by atoms with E-state index < -0.39 is 0 Å². The van der Waals surface area contributed by atoms with E-state index in [0.29, 0.717) is 17.1 Å². The third-order valence-electron chi connectivity index (χ3n) is 2.53. The molecule has 7 nitrogen and oxygen atoms in total. The third kappa shape index (κ3) is 2.28. The number of rotatable bonds is 4. The first-order chi connectivity index (χ1) is 8.63. The van der Waals surface area contributed by atoms with E-state index in [0.717, 1.165) is 5.69 Å². The molecule has 2 heterocycles. The number of carbonyl (C=O) groups is 1. The molecule has 0 bridgehead atoms. The molecule has 0 radical (unpaired) electrons. The fourth-order valence-electron chi connectivity index (χ4n) is 1.51. The monoisotopic (exact) mass is 266 g/mol. The average molecular weight is 266 g/mol. The number of amides is 1. The van der Waals surface area contributed by atoms with Crippen LogP contribution in [0.1, 0.15) is 16.1 Å². The standard InChI is InChI=1S/C10H14N6OS/c1-12-9(17)7-8(11)15-18-10(7)13-5-6-3-4-14-16(6)2/h3-4,13H,5H2,1-2H3,(H2,11,15)(H,12,17). The Morgan fingerprint density at radius 2 is 2.39 bits per heavy atom. The predicted octanol–water partition coefficient (Wildman–Crippen LogP) is 0.430. The zero-order valence-electron chi connectivity index (χ0n) is 10.1. The lowest BCUT2D eigenvalue weighted by molar-refractivity contribution is 0.0965. The highest BCUT2D eigenvalue weighted by Gasteiger charge is 2.18. The van der Waals surface area contributed by atoms with E-state index in [1.165, 1.54) is 11.5 Å². The van der Waals surface area contributed by atoms with Crippen molar-refractivity contribution in [1.82, 2.24) is 19.5 Å². The number of nitrogens with two attached hydrogens (primary N) is 1. The van der Waals surface area contributed by atoms with Crippen molar-refractivity contribution in [3.8, 4) is 0 Å². The van der Waals surface area contributed by atoms with Gasteiger partial charge in [0.1, 0.15) is 10.6 Å². The average Bonchev–Trinajstić information content (AvgIpc) is 2.92. The lowest BCUT2D eigenvalue weighted by Crippen LogP contribution is -2.20. The molecule has 0 unspecified atom stereocenters. The molecule has 0 saturated carbocycles. The second kappa shape index (κ2) is 5.05. The fraction of sp³-hybridized carbons (Fsp3) is 0.300. The first-order valence-electron chi connectivity index (χ1n) is 5.31. The van der Waals surface area contributed by atoms with Crippen LogP contribution in [0.25, 0.3) is 0 Å². The summed E-state index contributed by atoms with van der Waals surface area (Å²) in [5.74, 6) is 0.000567. The summed E-state index contributed by atoms with van der Waals surface area (Å²) in [6, 6.07) is 1.90. The zero-order valence-corrected chi connectivity index (χ0v) is 10.9. The molecule has 4 N–H and O–H groups in total. The van der Waals surface area contributed by atoms with Crippen LogP contribution in [0.3, 0.4) is 0 Å². The summed E-state index contributed by atoms with van der Waals surface area (Å²) in [6.07, 6.45) is 1.72. The second-order valence-electron chi connectivity index (χ2n) is 3.65. The lowest BCUT2D eigenvalue weighted by Gasteiger charge is -2.06. The zero-order chi connectivity index (χ0) is 13.1. The highest BCUT2D eigenvalue weighted by Crippen LogP contribution is 2.26. The van der Waals surface area contributed by atoms with Crippen molar-refractivity contribution in [3.05, 3.63) is 23.5 Å². The summed E-state index contributed by atoms with van der Waals surface area (Å²) in [6.45, 7) is 0.558. The van der Waals surface area contributed by atoms with Gasteiger partial charge in [0.15, 0.2) is 5.82 Å². The topological polar surface area (TPSA) is 97.9 Å². The molecular weight excluding hydrogens is 252 g/mol. The van der Waals surface area contributed by atoms with Crippen LogP contribution >= 0.6 is 11.5 Å². The number of aryl methyl sites for hydroxylation is 1. The van der Waals surface area contributed by atoms with Crippen LogP contribution in [-0.2, 0) is 13.6 Å². The van der Waals surface area contributed by atoms with Crippen molar-refractivity contribution in [1.29, 1.82) is 0 Å². The summed E-state index contributed by atoms with van der Waals surface area (Å²) in [7, 11) is 3.42. The SMILES string of the molecule is CNC(=O)c1c(N)nsc1NCc1ccnn1C. The molecule has 1 amide bonds. The van der Waals surface area contributed by atoms with Crippen LogP contribution in [0.15, 0.2) is 12.3 Å². The molecule has 2 aromatic rings. The van der Waals surface area contributed by atoms with Crippen LogP contribution in [0.2, 0.25) is 0 Å². The van der Waals surface area contributed by atoms with E-state index in [4.69, 9.17) is 5.73 Å². The number of anilines is 2.